The van der Waals surface area contributed by atoms with E-state index in [0.29, 0.717) is 24.3 Å². The lowest BCUT2D eigenvalue weighted by Crippen LogP contribution is -2.43. The maximum absolute atomic E-state index is 13.0. The standard InChI is InChI=1S/C19H20F3NO2/c1-13-9-14(11-16(10-13)19(20,21)22)12-25-18-17(23-7-8-24-18)15-5-3-2-4-6-15/h2-6,9-11,17-18,23H,7-8,12H2,1H3. The van der Waals surface area contributed by atoms with Gasteiger partial charge in [-0.1, -0.05) is 42.0 Å². The van der Waals surface area contributed by atoms with Crippen molar-refractivity contribution >= 4 is 0 Å². The Labute approximate surface area is 144 Å². The lowest BCUT2D eigenvalue weighted by molar-refractivity contribution is -0.183. The van der Waals surface area contributed by atoms with Crippen molar-refractivity contribution in [2.75, 3.05) is 13.2 Å². The molecule has 25 heavy (non-hydrogen) atoms. The van der Waals surface area contributed by atoms with Crippen LogP contribution in [0.2, 0.25) is 0 Å². The molecule has 2 unspecified atom stereocenters. The van der Waals surface area contributed by atoms with Crippen LogP contribution in [-0.4, -0.2) is 19.4 Å². The van der Waals surface area contributed by atoms with Gasteiger partial charge in [-0.25, -0.2) is 0 Å². The highest BCUT2D eigenvalue weighted by Gasteiger charge is 2.31. The number of alkyl halides is 3. The first-order valence-corrected chi connectivity index (χ1v) is 8.13. The first-order valence-electron chi connectivity index (χ1n) is 8.13. The van der Waals surface area contributed by atoms with Crippen LogP contribution < -0.4 is 5.32 Å². The van der Waals surface area contributed by atoms with E-state index in [9.17, 15) is 13.2 Å². The maximum Gasteiger partial charge on any atom is 0.416 e. The third-order valence-corrected chi connectivity index (χ3v) is 4.06. The fraction of sp³-hybridized carbons (Fsp3) is 0.368. The Morgan fingerprint density at radius 2 is 1.92 bits per heavy atom. The van der Waals surface area contributed by atoms with Crippen molar-refractivity contribution in [1.29, 1.82) is 0 Å². The molecule has 0 spiro atoms. The molecule has 1 heterocycles. The van der Waals surface area contributed by atoms with E-state index >= 15 is 0 Å². The predicted molar refractivity (Wildman–Crippen MR) is 87.9 cm³/mol. The Hall–Kier alpha value is -1.89. The summed E-state index contributed by atoms with van der Waals surface area (Å²) in [6.07, 6.45) is -4.91. The van der Waals surface area contributed by atoms with Gasteiger partial charge in [-0.2, -0.15) is 13.2 Å². The van der Waals surface area contributed by atoms with E-state index in [1.54, 1.807) is 13.0 Å². The average molecular weight is 351 g/mol. The first-order chi connectivity index (χ1) is 11.9. The molecule has 0 amide bonds. The Morgan fingerprint density at radius 1 is 1.16 bits per heavy atom. The average Bonchev–Trinajstić information content (AvgIpc) is 2.60. The van der Waals surface area contributed by atoms with E-state index in [0.717, 1.165) is 17.7 Å². The molecule has 2 aromatic rings. The van der Waals surface area contributed by atoms with Gasteiger partial charge in [0, 0.05) is 6.54 Å². The molecule has 1 fully saturated rings. The second kappa shape index (κ2) is 7.56. The van der Waals surface area contributed by atoms with E-state index in [4.69, 9.17) is 9.47 Å². The molecule has 2 aromatic carbocycles. The van der Waals surface area contributed by atoms with E-state index in [-0.39, 0.29) is 12.6 Å². The maximum atomic E-state index is 13.0. The normalized spacial score (nSPS) is 21.3. The van der Waals surface area contributed by atoms with Crippen LogP contribution in [-0.2, 0) is 22.3 Å². The van der Waals surface area contributed by atoms with E-state index in [1.807, 2.05) is 30.3 Å². The van der Waals surface area contributed by atoms with Gasteiger partial charge in [0.15, 0.2) is 6.29 Å². The number of hydrogen-bond donors (Lipinski definition) is 1. The molecule has 3 rings (SSSR count). The SMILES string of the molecule is Cc1cc(COC2OCCNC2c2ccccc2)cc(C(F)(F)F)c1. The smallest absolute Gasteiger partial charge is 0.349 e. The second-order valence-corrected chi connectivity index (χ2v) is 6.10. The highest BCUT2D eigenvalue weighted by molar-refractivity contribution is 5.31. The van der Waals surface area contributed by atoms with E-state index in [2.05, 4.69) is 5.32 Å². The predicted octanol–water partition coefficient (Wildman–Crippen LogP) is 4.22. The minimum absolute atomic E-state index is 0.0560. The molecular weight excluding hydrogens is 331 g/mol. The van der Waals surface area contributed by atoms with Crippen molar-refractivity contribution in [3.8, 4) is 0 Å². The van der Waals surface area contributed by atoms with Crippen LogP contribution in [0.5, 0.6) is 0 Å². The summed E-state index contributed by atoms with van der Waals surface area (Å²) >= 11 is 0. The van der Waals surface area contributed by atoms with Gasteiger partial charge < -0.3 is 14.8 Å². The van der Waals surface area contributed by atoms with Crippen molar-refractivity contribution in [1.82, 2.24) is 5.32 Å². The van der Waals surface area contributed by atoms with Gasteiger partial charge in [-0.15, -0.1) is 0 Å². The highest BCUT2D eigenvalue weighted by atomic mass is 19.4. The number of hydrogen-bond acceptors (Lipinski definition) is 3. The molecule has 2 atom stereocenters. The molecule has 0 bridgehead atoms. The number of nitrogens with one attached hydrogen (secondary N) is 1. The van der Waals surface area contributed by atoms with Crippen LogP contribution in [0.1, 0.15) is 28.3 Å². The molecule has 3 nitrogen and oxygen atoms in total. The fourth-order valence-corrected chi connectivity index (χ4v) is 2.95. The van der Waals surface area contributed by atoms with Gasteiger partial charge in [0.2, 0.25) is 0 Å². The van der Waals surface area contributed by atoms with Gasteiger partial charge in [0.05, 0.1) is 24.8 Å². The third kappa shape index (κ3) is 4.60. The largest absolute Gasteiger partial charge is 0.416 e. The molecule has 1 aliphatic rings. The number of benzene rings is 2. The summed E-state index contributed by atoms with van der Waals surface area (Å²) in [5, 5.41) is 3.34. The Bertz CT molecular complexity index is 704. The van der Waals surface area contributed by atoms with E-state index < -0.39 is 18.0 Å². The third-order valence-electron chi connectivity index (χ3n) is 4.06. The summed E-state index contributed by atoms with van der Waals surface area (Å²) < 4.78 is 50.3. The fourth-order valence-electron chi connectivity index (χ4n) is 2.95. The molecule has 0 aliphatic carbocycles. The second-order valence-electron chi connectivity index (χ2n) is 6.10. The van der Waals surface area contributed by atoms with Crippen molar-refractivity contribution in [2.45, 2.75) is 32.0 Å². The van der Waals surface area contributed by atoms with Crippen molar-refractivity contribution < 1.29 is 22.6 Å². The molecule has 1 saturated heterocycles. The van der Waals surface area contributed by atoms with Crippen LogP contribution in [0.25, 0.3) is 0 Å². The zero-order chi connectivity index (χ0) is 17.9. The molecule has 6 heteroatoms. The number of halogens is 3. The van der Waals surface area contributed by atoms with Gasteiger partial charge >= 0.3 is 6.18 Å². The van der Waals surface area contributed by atoms with Crippen molar-refractivity contribution in [3.63, 3.8) is 0 Å². The van der Waals surface area contributed by atoms with Gasteiger partial charge in [0.25, 0.3) is 0 Å². The molecular formula is C19H20F3NO2. The topological polar surface area (TPSA) is 30.5 Å². The first kappa shape index (κ1) is 17.9. The lowest BCUT2D eigenvalue weighted by Gasteiger charge is -2.33. The van der Waals surface area contributed by atoms with Crippen molar-refractivity contribution in [2.24, 2.45) is 0 Å². The summed E-state index contributed by atoms with van der Waals surface area (Å²) in [7, 11) is 0. The quantitative estimate of drug-likeness (QED) is 0.895. The number of ether oxygens (including phenoxy) is 2. The molecule has 134 valence electrons. The monoisotopic (exact) mass is 351 g/mol. The van der Waals surface area contributed by atoms with Crippen LogP contribution in [0.3, 0.4) is 0 Å². The molecule has 0 aromatic heterocycles. The van der Waals surface area contributed by atoms with Crippen LogP contribution in [0.4, 0.5) is 13.2 Å². The number of aryl methyl sites for hydroxylation is 1. The van der Waals surface area contributed by atoms with E-state index in [1.165, 1.54) is 0 Å². The Balaban J connectivity index is 1.72. The van der Waals surface area contributed by atoms with Crippen molar-refractivity contribution in [3.05, 3.63) is 70.8 Å². The molecule has 1 aliphatic heterocycles. The zero-order valence-electron chi connectivity index (χ0n) is 13.8. The van der Waals surface area contributed by atoms with Crippen LogP contribution >= 0.6 is 0 Å². The Morgan fingerprint density at radius 3 is 2.64 bits per heavy atom. The molecule has 0 radical (unpaired) electrons. The lowest BCUT2D eigenvalue weighted by atomic mass is 10.1. The number of rotatable bonds is 4. The van der Waals surface area contributed by atoms with Gasteiger partial charge in [0.1, 0.15) is 0 Å². The summed E-state index contributed by atoms with van der Waals surface area (Å²) in [6, 6.07) is 13.5. The van der Waals surface area contributed by atoms with Crippen LogP contribution in [0, 0.1) is 6.92 Å². The summed E-state index contributed by atoms with van der Waals surface area (Å²) in [4.78, 5) is 0. The minimum Gasteiger partial charge on any atom is -0.349 e. The molecule has 0 saturated carbocycles. The molecule has 1 N–H and O–H groups in total. The minimum atomic E-state index is -4.36. The zero-order valence-corrected chi connectivity index (χ0v) is 13.8. The van der Waals surface area contributed by atoms with Gasteiger partial charge in [-0.05, 0) is 30.2 Å². The van der Waals surface area contributed by atoms with Gasteiger partial charge in [-0.3, -0.25) is 0 Å². The summed E-state index contributed by atoms with van der Waals surface area (Å²) in [5.74, 6) is 0. The van der Waals surface area contributed by atoms with Crippen LogP contribution in [0.15, 0.2) is 48.5 Å². The highest BCUT2D eigenvalue weighted by Crippen LogP contribution is 2.31. The number of morpholine rings is 1. The Kier molecular flexibility index (Phi) is 5.42. The summed E-state index contributed by atoms with van der Waals surface area (Å²) in [6.45, 7) is 2.89. The summed E-state index contributed by atoms with van der Waals surface area (Å²) in [5.41, 5.74) is 1.39.